The molecule has 0 unspecified atom stereocenters. The van der Waals surface area contributed by atoms with Crippen LogP contribution in [0, 0.1) is 0 Å². The van der Waals surface area contributed by atoms with Crippen LogP contribution < -0.4 is 9.62 Å². The van der Waals surface area contributed by atoms with Gasteiger partial charge in [0.1, 0.15) is 5.82 Å². The van der Waals surface area contributed by atoms with Crippen molar-refractivity contribution in [1.29, 1.82) is 0 Å². The predicted molar refractivity (Wildman–Crippen MR) is 104 cm³/mol. The average Bonchev–Trinajstić information content (AvgIpc) is 3.21. The lowest BCUT2D eigenvalue weighted by molar-refractivity contribution is 0.581. The van der Waals surface area contributed by atoms with Crippen molar-refractivity contribution < 1.29 is 8.42 Å². The molecule has 2 heterocycles. The second-order valence-electron chi connectivity index (χ2n) is 6.55. The molecule has 26 heavy (non-hydrogen) atoms. The smallest absolute Gasteiger partial charge is 0.240 e. The number of benzene rings is 2. The highest BCUT2D eigenvalue weighted by Crippen LogP contribution is 2.20. The van der Waals surface area contributed by atoms with E-state index >= 15 is 0 Å². The lowest BCUT2D eigenvalue weighted by Gasteiger charge is -2.16. The number of nitrogens with zero attached hydrogens (tertiary/aromatic N) is 2. The van der Waals surface area contributed by atoms with Crippen molar-refractivity contribution in [3.05, 3.63) is 66.4 Å². The van der Waals surface area contributed by atoms with E-state index in [9.17, 15) is 8.42 Å². The van der Waals surface area contributed by atoms with Gasteiger partial charge in [-0.15, -0.1) is 0 Å². The van der Waals surface area contributed by atoms with E-state index in [1.54, 1.807) is 18.3 Å². The van der Waals surface area contributed by atoms with Crippen molar-refractivity contribution >= 4 is 26.6 Å². The first-order valence-electron chi connectivity index (χ1n) is 8.80. The summed E-state index contributed by atoms with van der Waals surface area (Å²) in [6, 6.07) is 16.8. The molecule has 6 heteroatoms. The molecule has 0 atom stereocenters. The van der Waals surface area contributed by atoms with Gasteiger partial charge in [0.2, 0.25) is 10.0 Å². The molecule has 1 N–H and O–H groups in total. The minimum absolute atomic E-state index is 0.225. The number of hydrogen-bond acceptors (Lipinski definition) is 4. The number of sulfonamides is 1. The maximum atomic E-state index is 12.6. The van der Waals surface area contributed by atoms with Crippen molar-refractivity contribution in [1.82, 2.24) is 9.71 Å². The Morgan fingerprint density at radius 2 is 1.73 bits per heavy atom. The van der Waals surface area contributed by atoms with Crippen LogP contribution in [0.3, 0.4) is 0 Å². The third-order valence-electron chi connectivity index (χ3n) is 4.74. The zero-order chi connectivity index (χ0) is 18.0. The van der Waals surface area contributed by atoms with Crippen LogP contribution in [-0.2, 0) is 16.6 Å². The molecule has 1 saturated heterocycles. The zero-order valence-corrected chi connectivity index (χ0v) is 15.2. The van der Waals surface area contributed by atoms with Crippen molar-refractivity contribution in [3.63, 3.8) is 0 Å². The molecule has 1 fully saturated rings. The first-order valence-corrected chi connectivity index (χ1v) is 10.3. The predicted octanol–water partition coefficient (Wildman–Crippen LogP) is 3.31. The van der Waals surface area contributed by atoms with E-state index in [-0.39, 0.29) is 11.4 Å². The van der Waals surface area contributed by atoms with Crippen LogP contribution in [0.5, 0.6) is 0 Å². The number of anilines is 1. The topological polar surface area (TPSA) is 62.3 Å². The molecule has 0 amide bonds. The number of nitrogens with one attached hydrogen (secondary N) is 1. The van der Waals surface area contributed by atoms with E-state index in [2.05, 4.69) is 14.6 Å². The van der Waals surface area contributed by atoms with Crippen LogP contribution in [0.2, 0.25) is 0 Å². The van der Waals surface area contributed by atoms with Gasteiger partial charge in [-0.25, -0.2) is 18.1 Å². The van der Waals surface area contributed by atoms with Gasteiger partial charge in [-0.3, -0.25) is 0 Å². The lowest BCUT2D eigenvalue weighted by Crippen LogP contribution is -2.23. The minimum atomic E-state index is -3.56. The lowest BCUT2D eigenvalue weighted by atomic mass is 10.1. The number of hydrogen-bond donors (Lipinski definition) is 1. The van der Waals surface area contributed by atoms with Gasteiger partial charge in [-0.05, 0) is 47.4 Å². The molecule has 3 aromatic rings. The van der Waals surface area contributed by atoms with Gasteiger partial charge in [-0.2, -0.15) is 0 Å². The SMILES string of the molecule is O=S(=O)(NCc1ccc(N2CCCC2)nc1)c1ccc2ccccc2c1. The van der Waals surface area contributed by atoms with Gasteiger partial charge in [0.15, 0.2) is 0 Å². The normalized spacial score (nSPS) is 14.8. The van der Waals surface area contributed by atoms with E-state index < -0.39 is 10.0 Å². The highest BCUT2D eigenvalue weighted by atomic mass is 32.2. The van der Waals surface area contributed by atoms with Crippen molar-refractivity contribution in [3.8, 4) is 0 Å². The third-order valence-corrected chi connectivity index (χ3v) is 6.14. The molecule has 1 aliphatic heterocycles. The minimum Gasteiger partial charge on any atom is -0.357 e. The standard InChI is InChI=1S/C20H21N3O2S/c24-26(25,19-9-8-17-5-1-2-6-18(17)13-19)22-15-16-7-10-20(21-14-16)23-11-3-4-12-23/h1-2,5-10,13-14,22H,3-4,11-12,15H2. The van der Waals surface area contributed by atoms with Crippen molar-refractivity contribution in [2.24, 2.45) is 0 Å². The van der Waals surface area contributed by atoms with E-state index in [0.717, 1.165) is 35.2 Å². The summed E-state index contributed by atoms with van der Waals surface area (Å²) in [7, 11) is -3.56. The van der Waals surface area contributed by atoms with Crippen LogP contribution in [0.25, 0.3) is 10.8 Å². The second-order valence-corrected chi connectivity index (χ2v) is 8.32. The largest absolute Gasteiger partial charge is 0.357 e. The van der Waals surface area contributed by atoms with E-state index in [1.165, 1.54) is 12.8 Å². The van der Waals surface area contributed by atoms with Crippen molar-refractivity contribution in [2.75, 3.05) is 18.0 Å². The third kappa shape index (κ3) is 3.57. The summed E-state index contributed by atoms with van der Waals surface area (Å²) in [6.07, 6.45) is 4.15. The summed E-state index contributed by atoms with van der Waals surface area (Å²) < 4.78 is 27.8. The van der Waals surface area contributed by atoms with Gasteiger partial charge in [0.05, 0.1) is 4.90 Å². The maximum Gasteiger partial charge on any atom is 0.240 e. The Bertz CT molecular complexity index is 1010. The van der Waals surface area contributed by atoms with Gasteiger partial charge >= 0.3 is 0 Å². The van der Waals surface area contributed by atoms with Crippen LogP contribution in [0.1, 0.15) is 18.4 Å². The Hall–Kier alpha value is -2.44. The number of aromatic nitrogens is 1. The van der Waals surface area contributed by atoms with E-state index in [1.807, 2.05) is 42.5 Å². The van der Waals surface area contributed by atoms with Crippen LogP contribution >= 0.6 is 0 Å². The molecule has 1 aliphatic rings. The Balaban J connectivity index is 1.47. The molecule has 134 valence electrons. The molecule has 0 aliphatic carbocycles. The van der Waals surface area contributed by atoms with Crippen LogP contribution in [0.4, 0.5) is 5.82 Å². The van der Waals surface area contributed by atoms with Crippen LogP contribution in [0.15, 0.2) is 65.7 Å². The van der Waals surface area contributed by atoms with Gasteiger partial charge in [0, 0.05) is 25.8 Å². The molecule has 2 aromatic carbocycles. The summed E-state index contributed by atoms with van der Waals surface area (Å²) in [5.41, 5.74) is 0.845. The van der Waals surface area contributed by atoms with Gasteiger partial charge in [0.25, 0.3) is 0 Å². The first-order chi connectivity index (χ1) is 12.6. The Labute approximate surface area is 153 Å². The Kier molecular flexibility index (Phi) is 4.61. The molecule has 4 rings (SSSR count). The second kappa shape index (κ2) is 7.05. The van der Waals surface area contributed by atoms with Crippen molar-refractivity contribution in [2.45, 2.75) is 24.3 Å². The zero-order valence-electron chi connectivity index (χ0n) is 14.4. The quantitative estimate of drug-likeness (QED) is 0.751. The fraction of sp³-hybridized carbons (Fsp3) is 0.250. The molecule has 0 saturated carbocycles. The van der Waals surface area contributed by atoms with Gasteiger partial charge < -0.3 is 4.90 Å². The number of rotatable bonds is 5. The fourth-order valence-electron chi connectivity index (χ4n) is 3.25. The molecule has 0 bridgehead atoms. The highest BCUT2D eigenvalue weighted by Gasteiger charge is 2.15. The molecule has 0 radical (unpaired) electrons. The molecule has 0 spiro atoms. The molecular formula is C20H21N3O2S. The fourth-order valence-corrected chi connectivity index (χ4v) is 4.30. The van der Waals surface area contributed by atoms with E-state index in [4.69, 9.17) is 0 Å². The summed E-state index contributed by atoms with van der Waals surface area (Å²) in [5.74, 6) is 0.962. The van der Waals surface area contributed by atoms with Gasteiger partial charge in [-0.1, -0.05) is 36.4 Å². The summed E-state index contributed by atoms with van der Waals surface area (Å²) >= 11 is 0. The summed E-state index contributed by atoms with van der Waals surface area (Å²) in [6.45, 7) is 2.31. The maximum absolute atomic E-state index is 12.6. The Morgan fingerprint density at radius 1 is 0.962 bits per heavy atom. The first kappa shape index (κ1) is 17.0. The average molecular weight is 367 g/mol. The monoisotopic (exact) mass is 367 g/mol. The highest BCUT2D eigenvalue weighted by molar-refractivity contribution is 7.89. The Morgan fingerprint density at radius 3 is 2.46 bits per heavy atom. The molecule has 5 nitrogen and oxygen atoms in total. The number of fused-ring (bicyclic) bond motifs is 1. The summed E-state index contributed by atoms with van der Waals surface area (Å²) in [4.78, 5) is 6.99. The molecular weight excluding hydrogens is 346 g/mol. The van der Waals surface area contributed by atoms with Crippen LogP contribution in [-0.4, -0.2) is 26.5 Å². The number of pyridine rings is 1. The summed E-state index contributed by atoms with van der Waals surface area (Å²) in [5, 5.41) is 1.93. The molecule has 1 aromatic heterocycles. The van der Waals surface area contributed by atoms with E-state index in [0.29, 0.717) is 0 Å².